The second kappa shape index (κ2) is 9.15. The lowest BCUT2D eigenvalue weighted by Gasteiger charge is -2.06. The summed E-state index contributed by atoms with van der Waals surface area (Å²) in [4.78, 5) is 11.5. The van der Waals surface area contributed by atoms with Gasteiger partial charge >= 0.3 is 5.97 Å². The summed E-state index contributed by atoms with van der Waals surface area (Å²) in [6, 6.07) is 7.11. The third-order valence-corrected chi connectivity index (χ3v) is 2.42. The molecule has 1 rings (SSSR count). The van der Waals surface area contributed by atoms with Crippen molar-refractivity contribution in [3.8, 4) is 12.3 Å². The molecular formula is C15H19NO3. The summed E-state index contributed by atoms with van der Waals surface area (Å²) in [6.45, 7) is 5.03. The zero-order valence-electron chi connectivity index (χ0n) is 11.1. The molecule has 0 amide bonds. The molecule has 0 saturated carbocycles. The maximum Gasteiger partial charge on any atom is 0.339 e. The molecule has 0 radical (unpaired) electrons. The summed E-state index contributed by atoms with van der Waals surface area (Å²) in [5.41, 5.74) is 1.51. The summed E-state index contributed by atoms with van der Waals surface area (Å²) in [5, 5.41) is 3.18. The average molecular weight is 261 g/mol. The first-order valence-electron chi connectivity index (χ1n) is 6.26. The second-order valence-electron chi connectivity index (χ2n) is 3.88. The highest BCUT2D eigenvalue weighted by atomic mass is 16.5. The summed E-state index contributed by atoms with van der Waals surface area (Å²) >= 11 is 0. The molecule has 0 saturated heterocycles. The number of ether oxygens (including phenoxy) is 2. The second-order valence-corrected chi connectivity index (χ2v) is 3.88. The van der Waals surface area contributed by atoms with Crippen LogP contribution in [0.15, 0.2) is 24.3 Å². The van der Waals surface area contributed by atoms with E-state index in [1.807, 2.05) is 12.1 Å². The van der Waals surface area contributed by atoms with Crippen molar-refractivity contribution in [3.63, 3.8) is 0 Å². The molecule has 0 unspecified atom stereocenters. The van der Waals surface area contributed by atoms with Crippen LogP contribution in [0.1, 0.15) is 22.8 Å². The lowest BCUT2D eigenvalue weighted by molar-refractivity contribution is 0.0556. The van der Waals surface area contributed by atoms with Crippen molar-refractivity contribution < 1.29 is 14.3 Å². The van der Waals surface area contributed by atoms with Gasteiger partial charge in [-0.15, -0.1) is 6.42 Å². The predicted molar refractivity (Wildman–Crippen MR) is 73.8 cm³/mol. The average Bonchev–Trinajstić information content (AvgIpc) is 2.45. The highest BCUT2D eigenvalue weighted by Gasteiger charge is 2.05. The highest BCUT2D eigenvalue weighted by Crippen LogP contribution is 2.07. The van der Waals surface area contributed by atoms with E-state index in [4.69, 9.17) is 15.9 Å². The lowest BCUT2D eigenvalue weighted by atomic mass is 10.1. The number of hydrogen-bond donors (Lipinski definition) is 1. The maximum atomic E-state index is 11.5. The molecule has 0 atom stereocenters. The highest BCUT2D eigenvalue weighted by molar-refractivity contribution is 5.89. The Morgan fingerprint density at radius 1 is 1.37 bits per heavy atom. The van der Waals surface area contributed by atoms with Gasteiger partial charge in [-0.25, -0.2) is 4.79 Å². The number of rotatable bonds is 8. The van der Waals surface area contributed by atoms with Crippen LogP contribution in [0.3, 0.4) is 0 Å². The van der Waals surface area contributed by atoms with Crippen molar-refractivity contribution in [1.29, 1.82) is 0 Å². The number of terminal acetylenes is 1. The summed E-state index contributed by atoms with van der Waals surface area (Å²) in [5.74, 6) is 1.85. The van der Waals surface area contributed by atoms with E-state index in [-0.39, 0.29) is 6.61 Å². The van der Waals surface area contributed by atoms with E-state index in [9.17, 15) is 4.79 Å². The van der Waals surface area contributed by atoms with Gasteiger partial charge in [0.05, 0.1) is 18.8 Å². The Morgan fingerprint density at radius 3 is 2.74 bits per heavy atom. The van der Waals surface area contributed by atoms with Gasteiger partial charge in [-0.3, -0.25) is 0 Å². The van der Waals surface area contributed by atoms with Crippen LogP contribution in [0.2, 0.25) is 0 Å². The van der Waals surface area contributed by atoms with Gasteiger partial charge in [0.25, 0.3) is 0 Å². The third kappa shape index (κ3) is 6.05. The third-order valence-electron chi connectivity index (χ3n) is 2.42. The minimum Gasteiger partial charge on any atom is -0.449 e. The van der Waals surface area contributed by atoms with Crippen molar-refractivity contribution >= 4 is 5.97 Å². The van der Waals surface area contributed by atoms with Gasteiger partial charge < -0.3 is 14.8 Å². The Bertz CT molecular complexity index is 420. The largest absolute Gasteiger partial charge is 0.449 e. The van der Waals surface area contributed by atoms with E-state index in [2.05, 4.69) is 18.2 Å². The van der Waals surface area contributed by atoms with E-state index in [1.54, 1.807) is 12.1 Å². The molecule has 0 fully saturated rings. The van der Waals surface area contributed by atoms with Crippen LogP contribution in [-0.4, -0.2) is 32.3 Å². The minimum absolute atomic E-state index is 0.00583. The molecule has 0 aliphatic carbocycles. The number of carbonyl (C=O) groups excluding carboxylic acids is 1. The molecule has 0 heterocycles. The molecule has 0 aromatic heterocycles. The minimum atomic E-state index is -0.405. The predicted octanol–water partition coefficient (Wildman–Crippen LogP) is 1.60. The van der Waals surface area contributed by atoms with E-state index in [0.717, 1.165) is 18.7 Å². The molecule has 19 heavy (non-hydrogen) atoms. The molecule has 0 aliphatic rings. The fourth-order valence-electron chi connectivity index (χ4n) is 1.44. The van der Waals surface area contributed by atoms with Gasteiger partial charge in [-0.1, -0.05) is 25.0 Å². The van der Waals surface area contributed by atoms with E-state index in [0.29, 0.717) is 18.8 Å². The van der Waals surface area contributed by atoms with Crippen molar-refractivity contribution in [2.75, 3.05) is 26.3 Å². The topological polar surface area (TPSA) is 47.6 Å². The van der Waals surface area contributed by atoms with Crippen molar-refractivity contribution in [2.45, 2.75) is 13.5 Å². The summed E-state index contributed by atoms with van der Waals surface area (Å²) in [7, 11) is 0. The molecule has 0 spiro atoms. The first-order chi connectivity index (χ1) is 9.27. The molecule has 1 aromatic rings. The maximum absolute atomic E-state index is 11.5. The van der Waals surface area contributed by atoms with Crippen LogP contribution in [-0.2, 0) is 16.1 Å². The molecule has 4 heteroatoms. The zero-order chi connectivity index (χ0) is 13.9. The van der Waals surface area contributed by atoms with Crippen molar-refractivity contribution in [1.82, 2.24) is 5.32 Å². The molecule has 1 aromatic carbocycles. The van der Waals surface area contributed by atoms with Gasteiger partial charge in [0, 0.05) is 6.54 Å². The first kappa shape index (κ1) is 15.2. The Balaban J connectivity index is 2.35. The van der Waals surface area contributed by atoms with Crippen molar-refractivity contribution in [2.24, 2.45) is 0 Å². The Morgan fingerprint density at radius 2 is 2.11 bits per heavy atom. The smallest absolute Gasteiger partial charge is 0.339 e. The summed E-state index contributed by atoms with van der Waals surface area (Å²) < 4.78 is 10.3. The Labute approximate surface area is 114 Å². The number of nitrogens with one attached hydrogen (secondary N) is 1. The van der Waals surface area contributed by atoms with E-state index in [1.165, 1.54) is 0 Å². The fourth-order valence-corrected chi connectivity index (χ4v) is 1.44. The quantitative estimate of drug-likeness (QED) is 0.439. The van der Waals surface area contributed by atoms with Crippen LogP contribution in [0.4, 0.5) is 0 Å². The van der Waals surface area contributed by atoms with Crippen LogP contribution in [0.5, 0.6) is 0 Å². The number of carbonyl (C=O) groups is 1. The molecular weight excluding hydrogens is 242 g/mol. The standard InChI is InChI=1S/C15H19NO3/c1-3-10-19-15(17)14-7-5-13(6-8-14)12-18-11-9-16-4-2/h1,5-8,16H,4,9-12H2,2H3. The molecule has 1 N–H and O–H groups in total. The van der Waals surface area contributed by atoms with Crippen molar-refractivity contribution in [3.05, 3.63) is 35.4 Å². The zero-order valence-corrected chi connectivity index (χ0v) is 11.1. The number of benzene rings is 1. The number of hydrogen-bond acceptors (Lipinski definition) is 4. The van der Waals surface area contributed by atoms with E-state index < -0.39 is 5.97 Å². The Kier molecular flexibility index (Phi) is 7.33. The summed E-state index contributed by atoms with van der Waals surface area (Å²) in [6.07, 6.45) is 5.02. The molecule has 0 aliphatic heterocycles. The van der Waals surface area contributed by atoms with Gasteiger partial charge in [0.15, 0.2) is 6.61 Å². The SMILES string of the molecule is C#CCOC(=O)c1ccc(COCCNCC)cc1. The molecule has 0 bridgehead atoms. The molecule has 102 valence electrons. The Hall–Kier alpha value is -1.83. The van der Waals surface area contributed by atoms with E-state index >= 15 is 0 Å². The van der Waals surface area contributed by atoms with Crippen LogP contribution in [0, 0.1) is 12.3 Å². The molecule has 4 nitrogen and oxygen atoms in total. The first-order valence-corrected chi connectivity index (χ1v) is 6.26. The monoisotopic (exact) mass is 261 g/mol. The van der Waals surface area contributed by atoms with Gasteiger partial charge in [0.1, 0.15) is 0 Å². The van der Waals surface area contributed by atoms with Gasteiger partial charge in [0.2, 0.25) is 0 Å². The number of likely N-dealkylation sites (N-methyl/N-ethyl adjacent to an activating group) is 1. The normalized spacial score (nSPS) is 9.89. The van der Waals surface area contributed by atoms with Crippen LogP contribution < -0.4 is 5.32 Å². The van der Waals surface area contributed by atoms with Gasteiger partial charge in [-0.2, -0.15) is 0 Å². The fraction of sp³-hybridized carbons (Fsp3) is 0.400. The van der Waals surface area contributed by atoms with Gasteiger partial charge in [-0.05, 0) is 24.2 Å². The number of esters is 1. The lowest BCUT2D eigenvalue weighted by Crippen LogP contribution is -2.18. The van der Waals surface area contributed by atoms with Crippen LogP contribution in [0.25, 0.3) is 0 Å². The van der Waals surface area contributed by atoms with Crippen LogP contribution >= 0.6 is 0 Å².